The molecule has 0 bridgehead atoms. The molecular formula is C30H30N2O4. The molecule has 0 radical (unpaired) electrons. The van der Waals surface area contributed by atoms with Crippen molar-refractivity contribution in [3.8, 4) is 22.8 Å². The number of oxazole rings is 1. The Labute approximate surface area is 211 Å². The van der Waals surface area contributed by atoms with E-state index in [9.17, 15) is 4.79 Å². The number of aromatic nitrogens is 1. The van der Waals surface area contributed by atoms with Gasteiger partial charge in [0.05, 0.1) is 26.5 Å². The van der Waals surface area contributed by atoms with Crippen LogP contribution in [0.15, 0.2) is 83.4 Å². The highest BCUT2D eigenvalue weighted by Crippen LogP contribution is 2.41. The van der Waals surface area contributed by atoms with Crippen LogP contribution in [0.5, 0.6) is 11.5 Å². The van der Waals surface area contributed by atoms with Gasteiger partial charge in [-0.05, 0) is 41.7 Å². The normalized spacial score (nSPS) is 14.8. The minimum atomic E-state index is -0.173. The molecule has 0 fully saturated rings. The summed E-state index contributed by atoms with van der Waals surface area (Å²) >= 11 is 0. The van der Waals surface area contributed by atoms with Crippen molar-refractivity contribution in [3.05, 3.63) is 102 Å². The fourth-order valence-electron chi connectivity index (χ4n) is 4.91. The number of fused-ring (bicyclic) bond motifs is 1. The van der Waals surface area contributed by atoms with Gasteiger partial charge >= 0.3 is 0 Å². The molecule has 5 rings (SSSR count). The maximum atomic E-state index is 13.5. The van der Waals surface area contributed by atoms with Crippen LogP contribution in [0.2, 0.25) is 0 Å². The highest BCUT2D eigenvalue weighted by molar-refractivity contribution is 5.78. The molecule has 0 saturated heterocycles. The maximum Gasteiger partial charge on any atom is 0.223 e. The summed E-state index contributed by atoms with van der Waals surface area (Å²) in [5, 5.41) is 0. The first-order valence-electron chi connectivity index (χ1n) is 12.3. The summed E-state index contributed by atoms with van der Waals surface area (Å²) in [6, 6.07) is 24.0. The zero-order chi connectivity index (χ0) is 24.9. The average Bonchev–Trinajstić information content (AvgIpc) is 3.41. The third-order valence-corrected chi connectivity index (χ3v) is 6.70. The molecule has 1 unspecified atom stereocenters. The standard InChI is InChI=1S/C30H30N2O4/c1-34-25-18-23-16-17-32(30(22-12-7-4-8-13-22)24(23)19-26(25)35-2)29(33)15-9-14-28-31-20-27(36-28)21-10-5-3-6-11-21/h3-8,10-13,18-20,30H,9,14-17H2,1-2H3. The van der Waals surface area contributed by atoms with Crippen LogP contribution in [0.1, 0.15) is 41.5 Å². The molecule has 36 heavy (non-hydrogen) atoms. The molecule has 1 atom stereocenters. The fraction of sp³-hybridized carbons (Fsp3) is 0.267. The number of benzene rings is 3. The molecule has 0 saturated carbocycles. The van der Waals surface area contributed by atoms with Crippen molar-refractivity contribution in [2.24, 2.45) is 0 Å². The van der Waals surface area contributed by atoms with E-state index in [-0.39, 0.29) is 11.9 Å². The summed E-state index contributed by atoms with van der Waals surface area (Å²) < 4.78 is 17.0. The number of amides is 1. The minimum Gasteiger partial charge on any atom is -0.493 e. The molecule has 184 valence electrons. The molecule has 0 spiro atoms. The van der Waals surface area contributed by atoms with E-state index in [2.05, 4.69) is 17.1 Å². The first kappa shape index (κ1) is 23.7. The number of aryl methyl sites for hydroxylation is 1. The van der Waals surface area contributed by atoms with Crippen molar-refractivity contribution >= 4 is 5.91 Å². The van der Waals surface area contributed by atoms with Gasteiger partial charge in [-0.2, -0.15) is 0 Å². The molecule has 1 aromatic heterocycles. The Morgan fingerprint density at radius 2 is 1.69 bits per heavy atom. The van der Waals surface area contributed by atoms with Crippen molar-refractivity contribution < 1.29 is 18.7 Å². The largest absolute Gasteiger partial charge is 0.493 e. The van der Waals surface area contributed by atoms with Crippen LogP contribution in [0.4, 0.5) is 0 Å². The molecule has 1 amide bonds. The Hall–Kier alpha value is -4.06. The average molecular weight is 483 g/mol. The Morgan fingerprint density at radius 3 is 2.42 bits per heavy atom. The van der Waals surface area contributed by atoms with E-state index in [0.717, 1.165) is 28.9 Å². The highest BCUT2D eigenvalue weighted by Gasteiger charge is 2.33. The lowest BCUT2D eigenvalue weighted by atomic mass is 9.87. The molecule has 2 heterocycles. The second-order valence-corrected chi connectivity index (χ2v) is 8.89. The number of nitrogens with zero attached hydrogens (tertiary/aromatic N) is 2. The van der Waals surface area contributed by atoms with Crippen LogP contribution in [0.3, 0.4) is 0 Å². The summed E-state index contributed by atoms with van der Waals surface area (Å²) in [6.45, 7) is 0.651. The van der Waals surface area contributed by atoms with E-state index in [1.54, 1.807) is 20.4 Å². The van der Waals surface area contributed by atoms with E-state index in [1.165, 1.54) is 5.56 Å². The second-order valence-electron chi connectivity index (χ2n) is 8.89. The zero-order valence-corrected chi connectivity index (χ0v) is 20.6. The van der Waals surface area contributed by atoms with Gasteiger partial charge in [-0.3, -0.25) is 4.79 Å². The Kier molecular flexibility index (Phi) is 7.03. The van der Waals surface area contributed by atoms with E-state index >= 15 is 0 Å². The van der Waals surface area contributed by atoms with Crippen molar-refractivity contribution in [2.75, 3.05) is 20.8 Å². The van der Waals surface area contributed by atoms with Crippen molar-refractivity contribution in [1.29, 1.82) is 0 Å². The number of hydrogen-bond acceptors (Lipinski definition) is 5. The van der Waals surface area contributed by atoms with Gasteiger partial charge in [0.1, 0.15) is 0 Å². The second kappa shape index (κ2) is 10.7. The van der Waals surface area contributed by atoms with Crippen molar-refractivity contribution in [1.82, 2.24) is 9.88 Å². The van der Waals surface area contributed by atoms with Gasteiger partial charge in [-0.25, -0.2) is 4.98 Å². The number of carbonyl (C=O) groups is 1. The van der Waals surface area contributed by atoms with Gasteiger partial charge in [0.2, 0.25) is 5.91 Å². The predicted octanol–water partition coefficient (Wildman–Crippen LogP) is 5.86. The lowest BCUT2D eigenvalue weighted by molar-refractivity contribution is -0.133. The molecule has 0 N–H and O–H groups in total. The molecule has 1 aliphatic heterocycles. The molecule has 6 heteroatoms. The zero-order valence-electron chi connectivity index (χ0n) is 20.6. The summed E-state index contributed by atoms with van der Waals surface area (Å²) in [4.78, 5) is 19.9. The van der Waals surface area contributed by atoms with Crippen LogP contribution in [0.25, 0.3) is 11.3 Å². The number of rotatable bonds is 8. The quantitative estimate of drug-likeness (QED) is 0.315. The lowest BCUT2D eigenvalue weighted by Crippen LogP contribution is -2.40. The number of ether oxygens (including phenoxy) is 2. The number of carbonyl (C=O) groups excluding carboxylic acids is 1. The molecular weight excluding hydrogens is 452 g/mol. The van der Waals surface area contributed by atoms with Gasteiger partial charge in [-0.15, -0.1) is 0 Å². The lowest BCUT2D eigenvalue weighted by Gasteiger charge is -2.38. The van der Waals surface area contributed by atoms with Gasteiger partial charge in [0, 0.05) is 24.9 Å². The van der Waals surface area contributed by atoms with E-state index in [0.29, 0.717) is 43.2 Å². The van der Waals surface area contributed by atoms with Crippen LogP contribution in [-0.2, 0) is 17.6 Å². The molecule has 1 aliphatic rings. The van der Waals surface area contributed by atoms with Crippen LogP contribution < -0.4 is 9.47 Å². The van der Waals surface area contributed by atoms with Crippen molar-refractivity contribution in [3.63, 3.8) is 0 Å². The van der Waals surface area contributed by atoms with E-state index in [1.807, 2.05) is 65.6 Å². The fourth-order valence-corrected chi connectivity index (χ4v) is 4.91. The molecule has 3 aromatic carbocycles. The third-order valence-electron chi connectivity index (χ3n) is 6.70. The van der Waals surface area contributed by atoms with Crippen molar-refractivity contribution in [2.45, 2.75) is 31.7 Å². The maximum absolute atomic E-state index is 13.5. The monoisotopic (exact) mass is 482 g/mol. The topological polar surface area (TPSA) is 64.8 Å². The van der Waals surface area contributed by atoms with Gasteiger partial charge in [-0.1, -0.05) is 60.7 Å². The highest BCUT2D eigenvalue weighted by atomic mass is 16.5. The van der Waals surface area contributed by atoms with Gasteiger partial charge < -0.3 is 18.8 Å². The number of hydrogen-bond donors (Lipinski definition) is 0. The molecule has 6 nitrogen and oxygen atoms in total. The van der Waals surface area contributed by atoms with Gasteiger partial charge in [0.15, 0.2) is 23.1 Å². The molecule has 0 aliphatic carbocycles. The Morgan fingerprint density at radius 1 is 1.00 bits per heavy atom. The van der Waals surface area contributed by atoms with Crippen LogP contribution in [0, 0.1) is 0 Å². The summed E-state index contributed by atoms with van der Waals surface area (Å²) in [5.41, 5.74) is 4.34. The Bertz CT molecular complexity index is 1320. The smallest absolute Gasteiger partial charge is 0.223 e. The van der Waals surface area contributed by atoms with Crippen LogP contribution >= 0.6 is 0 Å². The molecule has 4 aromatic rings. The van der Waals surface area contributed by atoms with Gasteiger partial charge in [0.25, 0.3) is 0 Å². The van der Waals surface area contributed by atoms with Crippen LogP contribution in [-0.4, -0.2) is 36.6 Å². The summed E-state index contributed by atoms with van der Waals surface area (Å²) in [7, 11) is 3.29. The Balaban J connectivity index is 1.33. The summed E-state index contributed by atoms with van der Waals surface area (Å²) in [5.74, 6) is 2.91. The van der Waals surface area contributed by atoms with E-state index in [4.69, 9.17) is 13.9 Å². The number of methoxy groups -OCH3 is 2. The first-order chi connectivity index (χ1) is 17.7. The first-order valence-corrected chi connectivity index (χ1v) is 12.3. The van der Waals surface area contributed by atoms with E-state index < -0.39 is 0 Å². The minimum absolute atomic E-state index is 0.124. The summed E-state index contributed by atoms with van der Waals surface area (Å²) in [6.07, 6.45) is 4.23. The third kappa shape index (κ3) is 4.85. The SMILES string of the molecule is COc1cc2c(cc1OC)C(c1ccccc1)N(C(=O)CCCc1ncc(-c3ccccc3)o1)CC2. The predicted molar refractivity (Wildman–Crippen MR) is 138 cm³/mol.